The average molecular weight is 278 g/mol. The minimum absolute atomic E-state index is 0.109. The van der Waals surface area contributed by atoms with Crippen LogP contribution in [0.25, 0.3) is 0 Å². The summed E-state index contributed by atoms with van der Waals surface area (Å²) in [5.41, 5.74) is 2.87. The quantitative estimate of drug-likeness (QED) is 0.523. The van der Waals surface area contributed by atoms with E-state index in [1.165, 1.54) is 12.1 Å². The van der Waals surface area contributed by atoms with Crippen LogP contribution in [0.2, 0.25) is 5.15 Å². The van der Waals surface area contributed by atoms with Gasteiger partial charge in [0.15, 0.2) is 0 Å². The van der Waals surface area contributed by atoms with E-state index in [1.807, 2.05) is 32.0 Å². The third kappa shape index (κ3) is 3.00. The maximum Gasteiger partial charge on any atom is 0.311 e. The van der Waals surface area contributed by atoms with Crippen LogP contribution in [0.3, 0.4) is 0 Å². The number of halogens is 1. The van der Waals surface area contributed by atoms with Gasteiger partial charge in [-0.2, -0.15) is 0 Å². The van der Waals surface area contributed by atoms with Gasteiger partial charge < -0.3 is 5.32 Å². The van der Waals surface area contributed by atoms with Gasteiger partial charge in [-0.05, 0) is 43.2 Å². The fourth-order valence-corrected chi connectivity index (χ4v) is 1.77. The van der Waals surface area contributed by atoms with Gasteiger partial charge in [0.25, 0.3) is 0 Å². The standard InChI is InChI=1S/C13H12ClN3O2/c1-8-3-4-10(7-9(8)2)15-13-11(17(18)19)5-6-12(14)16-13/h3-7H,1-2H3,(H,15,16). The highest BCUT2D eigenvalue weighted by atomic mass is 35.5. The van der Waals surface area contributed by atoms with Crippen LogP contribution in [0, 0.1) is 24.0 Å². The molecule has 6 heteroatoms. The van der Waals surface area contributed by atoms with Crippen LogP contribution < -0.4 is 5.32 Å². The van der Waals surface area contributed by atoms with E-state index in [1.54, 1.807) is 0 Å². The molecule has 0 unspecified atom stereocenters. The summed E-state index contributed by atoms with van der Waals surface area (Å²) in [4.78, 5) is 14.4. The van der Waals surface area contributed by atoms with E-state index in [-0.39, 0.29) is 16.7 Å². The summed E-state index contributed by atoms with van der Waals surface area (Å²) >= 11 is 5.77. The molecule has 0 fully saturated rings. The molecule has 0 saturated heterocycles. The number of hydrogen-bond donors (Lipinski definition) is 1. The van der Waals surface area contributed by atoms with Crippen LogP contribution in [0.1, 0.15) is 11.1 Å². The fraction of sp³-hybridized carbons (Fsp3) is 0.154. The Bertz CT molecular complexity index is 644. The number of pyridine rings is 1. The van der Waals surface area contributed by atoms with E-state index in [4.69, 9.17) is 11.6 Å². The van der Waals surface area contributed by atoms with Crippen molar-refractivity contribution in [2.45, 2.75) is 13.8 Å². The molecule has 0 aliphatic heterocycles. The summed E-state index contributed by atoms with van der Waals surface area (Å²) in [6, 6.07) is 8.41. The van der Waals surface area contributed by atoms with Crippen molar-refractivity contribution in [2.24, 2.45) is 0 Å². The number of rotatable bonds is 3. The van der Waals surface area contributed by atoms with Crippen LogP contribution in [-0.2, 0) is 0 Å². The van der Waals surface area contributed by atoms with Crippen molar-refractivity contribution in [3.05, 3.63) is 56.7 Å². The van der Waals surface area contributed by atoms with Gasteiger partial charge in [0.2, 0.25) is 5.82 Å². The van der Waals surface area contributed by atoms with Gasteiger partial charge in [-0.1, -0.05) is 17.7 Å². The molecule has 1 aromatic heterocycles. The lowest BCUT2D eigenvalue weighted by atomic mass is 10.1. The molecule has 98 valence electrons. The first-order chi connectivity index (χ1) is 8.97. The molecule has 1 aromatic carbocycles. The molecule has 19 heavy (non-hydrogen) atoms. The predicted octanol–water partition coefficient (Wildman–Crippen LogP) is 4.00. The second-order valence-corrected chi connectivity index (χ2v) is 4.57. The summed E-state index contributed by atoms with van der Waals surface area (Å²) in [6.07, 6.45) is 0. The molecule has 1 heterocycles. The molecular weight excluding hydrogens is 266 g/mol. The molecule has 0 radical (unpaired) electrons. The zero-order valence-corrected chi connectivity index (χ0v) is 11.2. The molecule has 1 N–H and O–H groups in total. The fourth-order valence-electron chi connectivity index (χ4n) is 1.62. The van der Waals surface area contributed by atoms with Gasteiger partial charge >= 0.3 is 5.69 Å². The van der Waals surface area contributed by atoms with Gasteiger partial charge in [0.05, 0.1) is 4.92 Å². The van der Waals surface area contributed by atoms with Crippen molar-refractivity contribution < 1.29 is 4.92 Å². The Morgan fingerprint density at radius 3 is 2.58 bits per heavy atom. The first-order valence-corrected chi connectivity index (χ1v) is 6.00. The maximum atomic E-state index is 10.9. The van der Waals surface area contributed by atoms with Crippen molar-refractivity contribution in [3.8, 4) is 0 Å². The zero-order valence-electron chi connectivity index (χ0n) is 10.5. The van der Waals surface area contributed by atoms with Gasteiger partial charge in [-0.15, -0.1) is 0 Å². The van der Waals surface area contributed by atoms with E-state index in [0.717, 1.165) is 16.8 Å². The van der Waals surface area contributed by atoms with Crippen molar-refractivity contribution in [1.82, 2.24) is 4.98 Å². The van der Waals surface area contributed by atoms with Crippen molar-refractivity contribution in [1.29, 1.82) is 0 Å². The molecule has 2 rings (SSSR count). The van der Waals surface area contributed by atoms with E-state index in [9.17, 15) is 10.1 Å². The summed E-state index contributed by atoms with van der Waals surface area (Å²) in [5.74, 6) is 0.140. The predicted molar refractivity (Wildman–Crippen MR) is 75.1 cm³/mol. The number of aromatic nitrogens is 1. The molecule has 2 aromatic rings. The Kier molecular flexibility index (Phi) is 3.66. The van der Waals surface area contributed by atoms with E-state index >= 15 is 0 Å². The monoisotopic (exact) mass is 277 g/mol. The average Bonchev–Trinajstić information content (AvgIpc) is 2.33. The van der Waals surface area contributed by atoms with Gasteiger partial charge in [0.1, 0.15) is 5.15 Å². The van der Waals surface area contributed by atoms with E-state index in [2.05, 4.69) is 10.3 Å². The number of nitrogens with one attached hydrogen (secondary N) is 1. The number of anilines is 2. The van der Waals surface area contributed by atoms with E-state index < -0.39 is 4.92 Å². The second-order valence-electron chi connectivity index (χ2n) is 4.18. The zero-order chi connectivity index (χ0) is 14.0. The summed E-state index contributed by atoms with van der Waals surface area (Å²) in [5, 5.41) is 14.1. The number of benzene rings is 1. The van der Waals surface area contributed by atoms with E-state index in [0.29, 0.717) is 0 Å². The Morgan fingerprint density at radius 2 is 1.95 bits per heavy atom. The first-order valence-electron chi connectivity index (χ1n) is 5.62. The molecule has 0 aliphatic carbocycles. The minimum atomic E-state index is -0.493. The third-order valence-corrected chi connectivity index (χ3v) is 3.02. The van der Waals surface area contributed by atoms with Crippen molar-refractivity contribution >= 4 is 28.8 Å². The van der Waals surface area contributed by atoms with Crippen LogP contribution in [0.15, 0.2) is 30.3 Å². The van der Waals surface area contributed by atoms with Crippen LogP contribution in [-0.4, -0.2) is 9.91 Å². The normalized spacial score (nSPS) is 10.3. The topological polar surface area (TPSA) is 68.1 Å². The molecule has 0 spiro atoms. The highest BCUT2D eigenvalue weighted by Crippen LogP contribution is 2.27. The SMILES string of the molecule is Cc1ccc(Nc2nc(Cl)ccc2[N+](=O)[O-])cc1C. The number of nitrogens with zero attached hydrogens (tertiary/aromatic N) is 2. The van der Waals surface area contributed by atoms with Crippen molar-refractivity contribution in [2.75, 3.05) is 5.32 Å². The molecule has 0 atom stereocenters. The lowest BCUT2D eigenvalue weighted by Gasteiger charge is -2.08. The Balaban J connectivity index is 2.39. The highest BCUT2D eigenvalue weighted by Gasteiger charge is 2.15. The lowest BCUT2D eigenvalue weighted by molar-refractivity contribution is -0.384. The number of hydrogen-bond acceptors (Lipinski definition) is 4. The Labute approximate surface area is 115 Å². The first kappa shape index (κ1) is 13.3. The van der Waals surface area contributed by atoms with Crippen molar-refractivity contribution in [3.63, 3.8) is 0 Å². The molecule has 5 nitrogen and oxygen atoms in total. The third-order valence-electron chi connectivity index (χ3n) is 2.81. The Hall–Kier alpha value is -2.14. The van der Waals surface area contributed by atoms with Gasteiger partial charge in [-0.3, -0.25) is 10.1 Å². The van der Waals surface area contributed by atoms with Crippen LogP contribution >= 0.6 is 11.6 Å². The number of nitro groups is 1. The summed E-state index contributed by atoms with van der Waals surface area (Å²) in [7, 11) is 0. The summed E-state index contributed by atoms with van der Waals surface area (Å²) < 4.78 is 0. The molecule has 0 amide bonds. The lowest BCUT2D eigenvalue weighted by Crippen LogP contribution is -2.00. The molecule has 0 saturated carbocycles. The second kappa shape index (κ2) is 5.24. The molecule has 0 aliphatic rings. The molecular formula is C13H12ClN3O2. The Morgan fingerprint density at radius 1 is 1.21 bits per heavy atom. The van der Waals surface area contributed by atoms with Crippen LogP contribution in [0.5, 0.6) is 0 Å². The number of aryl methyl sites for hydroxylation is 2. The molecule has 0 bridgehead atoms. The van der Waals surface area contributed by atoms with Gasteiger partial charge in [0, 0.05) is 11.8 Å². The smallest absolute Gasteiger partial charge is 0.311 e. The summed E-state index contributed by atoms with van der Waals surface area (Å²) in [6.45, 7) is 3.97. The highest BCUT2D eigenvalue weighted by molar-refractivity contribution is 6.29. The minimum Gasteiger partial charge on any atom is -0.334 e. The largest absolute Gasteiger partial charge is 0.334 e. The van der Waals surface area contributed by atoms with Crippen LogP contribution in [0.4, 0.5) is 17.2 Å². The van der Waals surface area contributed by atoms with Gasteiger partial charge in [-0.25, -0.2) is 4.98 Å². The maximum absolute atomic E-state index is 10.9.